The Morgan fingerprint density at radius 1 is 1.02 bits per heavy atom. The molecule has 1 heterocycles. The van der Waals surface area contributed by atoms with Gasteiger partial charge in [-0.05, 0) is 48.6 Å². The molecule has 4 rings (SSSR count). The molecule has 43 heavy (non-hydrogen) atoms. The number of aromatic carboxylic acids is 1. The number of nitrogens with one attached hydrogen (secondary N) is 3. The summed E-state index contributed by atoms with van der Waals surface area (Å²) in [5.41, 5.74) is -3.96. The highest BCUT2D eigenvalue weighted by Gasteiger charge is 2.61. The van der Waals surface area contributed by atoms with E-state index < -0.39 is 75.2 Å². The number of hydrogen-bond acceptors (Lipinski definition) is 4. The summed E-state index contributed by atoms with van der Waals surface area (Å²) in [5.74, 6) is -8.18. The van der Waals surface area contributed by atoms with Gasteiger partial charge in [0.15, 0.2) is 0 Å². The van der Waals surface area contributed by atoms with Crippen LogP contribution in [0.25, 0.3) is 0 Å². The largest absolute Gasteiger partial charge is 0.478 e. The number of halogens is 6. The van der Waals surface area contributed by atoms with Gasteiger partial charge >= 0.3 is 5.97 Å². The zero-order valence-corrected chi connectivity index (χ0v) is 25.1. The van der Waals surface area contributed by atoms with Crippen molar-refractivity contribution in [1.29, 1.82) is 5.41 Å². The number of benzene rings is 3. The van der Waals surface area contributed by atoms with Crippen molar-refractivity contribution < 1.29 is 32.3 Å². The zero-order chi connectivity index (χ0) is 32.0. The lowest BCUT2D eigenvalue weighted by molar-refractivity contribution is -0.118. The fraction of sp³-hybridized carbons (Fsp3) is 0.323. The van der Waals surface area contributed by atoms with Crippen LogP contribution >= 0.6 is 23.2 Å². The Balaban J connectivity index is 1.99. The van der Waals surface area contributed by atoms with E-state index in [1.165, 1.54) is 37.3 Å². The number of carboxylic acid groups (broad SMARTS) is 1. The van der Waals surface area contributed by atoms with Crippen molar-refractivity contribution in [3.8, 4) is 0 Å². The molecule has 0 saturated carbocycles. The lowest BCUT2D eigenvalue weighted by Crippen LogP contribution is -2.50. The van der Waals surface area contributed by atoms with Gasteiger partial charge in [0.1, 0.15) is 23.3 Å². The van der Waals surface area contributed by atoms with Gasteiger partial charge in [0.25, 0.3) is 0 Å². The summed E-state index contributed by atoms with van der Waals surface area (Å²) in [4.78, 5) is 25.2. The normalized spacial score (nSPS) is 22.0. The van der Waals surface area contributed by atoms with E-state index in [-0.39, 0.29) is 33.3 Å². The summed E-state index contributed by atoms with van der Waals surface area (Å²) in [6, 6.07) is 6.69. The van der Waals surface area contributed by atoms with E-state index in [0.29, 0.717) is 12.1 Å². The minimum atomic E-state index is -1.70. The second-order valence-electron chi connectivity index (χ2n) is 11.8. The Hall–Kier alpha value is -3.47. The van der Waals surface area contributed by atoms with Crippen LogP contribution in [0.5, 0.6) is 0 Å². The van der Waals surface area contributed by atoms with Gasteiger partial charge in [0.05, 0.1) is 27.7 Å². The smallest absolute Gasteiger partial charge is 0.338 e. The average molecular weight is 638 g/mol. The first-order valence-electron chi connectivity index (χ1n) is 13.2. The third kappa shape index (κ3) is 6.01. The predicted octanol–water partition coefficient (Wildman–Crippen LogP) is 7.72. The summed E-state index contributed by atoms with van der Waals surface area (Å²) in [6.07, 6.45) is 0.268. The summed E-state index contributed by atoms with van der Waals surface area (Å²) >= 11 is 12.2. The Kier molecular flexibility index (Phi) is 8.98. The molecule has 6 nitrogen and oxygen atoms in total. The lowest BCUT2D eigenvalue weighted by Gasteiger charge is -2.42. The van der Waals surface area contributed by atoms with E-state index in [9.17, 15) is 18.4 Å². The first-order chi connectivity index (χ1) is 20.0. The number of carbonyl (C=O) groups excluding carboxylic acids is 1. The van der Waals surface area contributed by atoms with Crippen LogP contribution in [-0.2, 0) is 10.2 Å². The summed E-state index contributed by atoms with van der Waals surface area (Å²) < 4.78 is 61.1. The van der Waals surface area contributed by atoms with Crippen LogP contribution in [0.2, 0.25) is 10.0 Å². The van der Waals surface area contributed by atoms with E-state index in [2.05, 4.69) is 10.6 Å². The SMILES string of the molecule is CC(=N)[C@]1(c2ccc(Cl)cc2F)[C@H](CC(C)(C)C)N[C@@H](C(=O)Nc2cc(F)c(C(=O)O)cc2F)[C@@H]1c1cccc(Cl)c1F. The number of hydrogen-bond donors (Lipinski definition) is 4. The number of amides is 1. The highest BCUT2D eigenvalue weighted by atomic mass is 35.5. The monoisotopic (exact) mass is 637 g/mol. The molecule has 1 fully saturated rings. The molecule has 0 spiro atoms. The molecule has 3 aromatic carbocycles. The van der Waals surface area contributed by atoms with Crippen molar-refractivity contribution in [1.82, 2.24) is 5.32 Å². The molecule has 3 aromatic rings. The molecule has 0 radical (unpaired) electrons. The molecular weight excluding hydrogens is 609 g/mol. The number of carbonyl (C=O) groups is 2. The Morgan fingerprint density at radius 2 is 1.70 bits per heavy atom. The molecule has 0 aromatic heterocycles. The van der Waals surface area contributed by atoms with Gasteiger partial charge in [-0.3, -0.25) is 4.79 Å². The maximum Gasteiger partial charge on any atom is 0.338 e. The van der Waals surface area contributed by atoms with E-state index in [0.717, 1.165) is 6.07 Å². The summed E-state index contributed by atoms with van der Waals surface area (Å²) in [6.45, 7) is 7.14. The Morgan fingerprint density at radius 3 is 2.28 bits per heavy atom. The molecule has 4 N–H and O–H groups in total. The van der Waals surface area contributed by atoms with Crippen molar-refractivity contribution in [3.63, 3.8) is 0 Å². The quantitative estimate of drug-likeness (QED) is 0.157. The van der Waals surface area contributed by atoms with Crippen LogP contribution in [0.4, 0.5) is 23.2 Å². The lowest BCUT2D eigenvalue weighted by atomic mass is 9.59. The average Bonchev–Trinajstić information content (AvgIpc) is 3.21. The minimum Gasteiger partial charge on any atom is -0.478 e. The van der Waals surface area contributed by atoms with Crippen molar-refractivity contribution in [2.45, 2.75) is 57.5 Å². The summed E-state index contributed by atoms with van der Waals surface area (Å²) in [5, 5.41) is 23.4. The predicted molar refractivity (Wildman–Crippen MR) is 157 cm³/mol. The molecule has 0 unspecified atom stereocenters. The van der Waals surface area contributed by atoms with E-state index >= 15 is 8.78 Å². The molecule has 1 amide bonds. The van der Waals surface area contributed by atoms with Gasteiger partial charge in [-0.25, -0.2) is 22.4 Å². The third-order valence-corrected chi connectivity index (χ3v) is 8.24. The second-order valence-corrected chi connectivity index (χ2v) is 12.7. The highest BCUT2D eigenvalue weighted by Crippen LogP contribution is 2.53. The van der Waals surface area contributed by atoms with Crippen LogP contribution in [-0.4, -0.2) is 34.8 Å². The van der Waals surface area contributed by atoms with Crippen LogP contribution < -0.4 is 10.6 Å². The van der Waals surface area contributed by atoms with Crippen molar-refractivity contribution in [3.05, 3.63) is 98.5 Å². The molecule has 228 valence electrons. The van der Waals surface area contributed by atoms with Gasteiger partial charge < -0.3 is 21.1 Å². The fourth-order valence-corrected chi connectivity index (χ4v) is 6.40. The van der Waals surface area contributed by atoms with Crippen LogP contribution in [0.1, 0.15) is 61.5 Å². The molecule has 0 bridgehead atoms. The highest BCUT2D eigenvalue weighted by molar-refractivity contribution is 6.31. The number of carboxylic acids is 1. The molecule has 1 aliphatic rings. The van der Waals surface area contributed by atoms with Gasteiger partial charge in [-0.1, -0.05) is 62.2 Å². The summed E-state index contributed by atoms with van der Waals surface area (Å²) in [7, 11) is 0. The van der Waals surface area contributed by atoms with Gasteiger partial charge in [-0.15, -0.1) is 0 Å². The van der Waals surface area contributed by atoms with Crippen LogP contribution in [0, 0.1) is 34.1 Å². The van der Waals surface area contributed by atoms with Gasteiger partial charge in [0.2, 0.25) is 5.91 Å². The van der Waals surface area contributed by atoms with Crippen molar-refractivity contribution in [2.24, 2.45) is 5.41 Å². The molecule has 0 aliphatic carbocycles. The Labute approximate surface area is 255 Å². The minimum absolute atomic E-state index is 0.0196. The topological polar surface area (TPSA) is 102 Å². The molecule has 1 saturated heterocycles. The second kappa shape index (κ2) is 11.9. The van der Waals surface area contributed by atoms with Crippen LogP contribution in [0.3, 0.4) is 0 Å². The van der Waals surface area contributed by atoms with Gasteiger partial charge in [0, 0.05) is 34.3 Å². The number of rotatable bonds is 7. The van der Waals surface area contributed by atoms with E-state index in [1.807, 2.05) is 20.8 Å². The molecule has 4 atom stereocenters. The zero-order valence-electron chi connectivity index (χ0n) is 23.6. The van der Waals surface area contributed by atoms with Crippen molar-refractivity contribution >= 4 is 46.5 Å². The maximum atomic E-state index is 15.9. The fourth-order valence-electron chi connectivity index (χ4n) is 6.06. The molecular formula is C31H29Cl2F4N3O3. The van der Waals surface area contributed by atoms with E-state index in [1.54, 1.807) is 0 Å². The standard InChI is InChI=1S/C31H29Cl2F4N3O3/c1-14(38)31(18-9-8-15(32)10-21(18)35)24(13-30(2,3)4)40-27(25(31)16-6-5-7-19(33)26(16)37)28(41)39-23-12-20(34)17(29(42)43)11-22(23)36/h5-12,24-25,27,38,40H,13H2,1-4H3,(H,39,41)(H,42,43)/t24-,25-,27+,31-/m0/s1. The van der Waals surface area contributed by atoms with E-state index in [4.69, 9.17) is 33.7 Å². The number of anilines is 1. The van der Waals surface area contributed by atoms with Crippen molar-refractivity contribution in [2.75, 3.05) is 5.32 Å². The first kappa shape index (κ1) is 32.4. The first-order valence-corrected chi connectivity index (χ1v) is 14.0. The van der Waals surface area contributed by atoms with Gasteiger partial charge in [-0.2, -0.15) is 0 Å². The Bertz CT molecular complexity index is 1630. The third-order valence-electron chi connectivity index (χ3n) is 7.71. The maximum absolute atomic E-state index is 15.9. The molecule has 12 heteroatoms. The van der Waals surface area contributed by atoms with Crippen LogP contribution in [0.15, 0.2) is 48.5 Å². The molecule has 1 aliphatic heterocycles.